The van der Waals surface area contributed by atoms with Crippen LogP contribution >= 0.6 is 0 Å². The molecular formula is C22H21N5O. The molecular weight excluding hydrogens is 350 g/mol. The van der Waals surface area contributed by atoms with E-state index in [4.69, 9.17) is 10.5 Å². The third kappa shape index (κ3) is 2.57. The number of methoxy groups -OCH3 is 1. The van der Waals surface area contributed by atoms with Crippen LogP contribution in [0.4, 0.5) is 0 Å². The Kier molecular flexibility index (Phi) is 3.87. The molecule has 6 nitrogen and oxygen atoms in total. The zero-order valence-electron chi connectivity index (χ0n) is 15.7. The maximum absolute atomic E-state index is 6.49. The second-order valence-corrected chi connectivity index (χ2v) is 7.26. The van der Waals surface area contributed by atoms with Crippen LogP contribution in [-0.2, 0) is 5.54 Å². The van der Waals surface area contributed by atoms with Crippen molar-refractivity contribution in [2.24, 2.45) is 5.73 Å². The summed E-state index contributed by atoms with van der Waals surface area (Å²) in [6.07, 6.45) is 6.60. The van der Waals surface area contributed by atoms with E-state index in [0.29, 0.717) is 5.88 Å². The summed E-state index contributed by atoms with van der Waals surface area (Å²) < 4.78 is 7.54. The fraction of sp³-hybridized carbons (Fsp3) is 0.227. The first-order chi connectivity index (χ1) is 13.7. The lowest BCUT2D eigenvalue weighted by atomic mass is 9.73. The number of hydrogen-bond donors (Lipinski definition) is 1. The smallest absolute Gasteiger partial charge is 0.225 e. The van der Waals surface area contributed by atoms with E-state index >= 15 is 0 Å². The summed E-state index contributed by atoms with van der Waals surface area (Å²) in [4.78, 5) is 13.3. The molecule has 0 aliphatic heterocycles. The highest BCUT2D eigenvalue weighted by Gasteiger charge is 2.34. The number of nitrogens with two attached hydrogens (primary N) is 1. The van der Waals surface area contributed by atoms with Gasteiger partial charge in [0.15, 0.2) is 5.65 Å². The largest absolute Gasteiger partial charge is 0.480 e. The van der Waals surface area contributed by atoms with Crippen molar-refractivity contribution in [3.63, 3.8) is 0 Å². The Labute approximate surface area is 163 Å². The fourth-order valence-electron chi connectivity index (χ4n) is 3.91. The lowest BCUT2D eigenvalue weighted by Gasteiger charge is -2.38. The Morgan fingerprint density at radius 1 is 1.04 bits per heavy atom. The van der Waals surface area contributed by atoms with E-state index < -0.39 is 0 Å². The molecule has 6 heteroatoms. The molecule has 1 aliphatic rings. The number of fused-ring (bicyclic) bond motifs is 1. The lowest BCUT2D eigenvalue weighted by Crippen LogP contribution is -2.43. The number of pyridine rings is 1. The van der Waals surface area contributed by atoms with Crippen molar-refractivity contribution in [2.75, 3.05) is 7.11 Å². The van der Waals surface area contributed by atoms with E-state index in [0.717, 1.165) is 41.0 Å². The first-order valence-corrected chi connectivity index (χ1v) is 9.41. The van der Waals surface area contributed by atoms with Gasteiger partial charge in [-0.05, 0) is 55.2 Å². The fourth-order valence-corrected chi connectivity index (χ4v) is 3.91. The lowest BCUT2D eigenvalue weighted by molar-refractivity contribution is 0.253. The Balaban J connectivity index is 1.71. The summed E-state index contributed by atoms with van der Waals surface area (Å²) in [6, 6.07) is 16.4. The van der Waals surface area contributed by atoms with Crippen LogP contribution in [0.25, 0.3) is 28.1 Å². The number of nitrogens with zero attached hydrogens (tertiary/aromatic N) is 4. The van der Waals surface area contributed by atoms with Gasteiger partial charge in [0.1, 0.15) is 6.33 Å². The Morgan fingerprint density at radius 3 is 2.50 bits per heavy atom. The van der Waals surface area contributed by atoms with Crippen LogP contribution in [0.15, 0.2) is 61.1 Å². The van der Waals surface area contributed by atoms with Gasteiger partial charge in [-0.3, -0.25) is 9.55 Å². The zero-order valence-corrected chi connectivity index (χ0v) is 15.7. The van der Waals surface area contributed by atoms with Gasteiger partial charge in [0, 0.05) is 17.4 Å². The third-order valence-electron chi connectivity index (χ3n) is 5.63. The second kappa shape index (κ2) is 6.42. The quantitative estimate of drug-likeness (QED) is 0.590. The molecule has 5 rings (SSSR count). The number of aromatic nitrogens is 4. The van der Waals surface area contributed by atoms with Crippen molar-refractivity contribution < 1.29 is 4.74 Å². The predicted molar refractivity (Wildman–Crippen MR) is 108 cm³/mol. The Morgan fingerprint density at radius 2 is 1.86 bits per heavy atom. The van der Waals surface area contributed by atoms with Crippen LogP contribution in [0, 0.1) is 0 Å². The summed E-state index contributed by atoms with van der Waals surface area (Å²) in [5, 5.41) is 0.851. The summed E-state index contributed by atoms with van der Waals surface area (Å²) in [7, 11) is 1.62. The van der Waals surface area contributed by atoms with Crippen LogP contribution in [-0.4, -0.2) is 26.6 Å². The zero-order chi connectivity index (χ0) is 19.1. The van der Waals surface area contributed by atoms with Crippen LogP contribution in [0.1, 0.15) is 24.8 Å². The number of benzene rings is 1. The Hall–Kier alpha value is -3.25. The monoisotopic (exact) mass is 371 g/mol. The van der Waals surface area contributed by atoms with E-state index in [1.54, 1.807) is 13.3 Å². The van der Waals surface area contributed by atoms with Crippen molar-refractivity contribution in [2.45, 2.75) is 24.8 Å². The molecule has 1 aliphatic carbocycles. The van der Waals surface area contributed by atoms with Crippen LogP contribution < -0.4 is 10.5 Å². The van der Waals surface area contributed by atoms with Crippen molar-refractivity contribution in [3.05, 3.63) is 66.6 Å². The van der Waals surface area contributed by atoms with E-state index in [1.165, 1.54) is 18.3 Å². The minimum absolute atomic E-state index is 0.174. The highest BCUT2D eigenvalue weighted by Crippen LogP contribution is 2.39. The van der Waals surface area contributed by atoms with E-state index in [1.807, 2.05) is 24.3 Å². The molecule has 140 valence electrons. The summed E-state index contributed by atoms with van der Waals surface area (Å²) in [5.41, 5.74) is 11.1. The molecule has 0 bridgehead atoms. The first-order valence-electron chi connectivity index (χ1n) is 9.41. The average molecular weight is 371 g/mol. The highest BCUT2D eigenvalue weighted by molar-refractivity contribution is 5.89. The third-order valence-corrected chi connectivity index (χ3v) is 5.63. The molecule has 3 heterocycles. The molecule has 3 aromatic heterocycles. The van der Waals surface area contributed by atoms with Crippen molar-refractivity contribution >= 4 is 11.0 Å². The van der Waals surface area contributed by atoms with E-state index in [9.17, 15) is 0 Å². The van der Waals surface area contributed by atoms with Gasteiger partial charge in [-0.2, -0.15) is 0 Å². The standard InChI is InChI=1S/C22H21N5O/c1-28-21-17-13-19(18-5-2-3-12-24-18)27(20(17)25-14-26-21)16-8-6-15(7-9-16)22(23)10-4-11-22/h2-3,5-9,12-14H,4,10-11,23H2,1H3. The molecule has 1 aromatic carbocycles. The summed E-state index contributed by atoms with van der Waals surface area (Å²) in [6.45, 7) is 0. The van der Waals surface area contributed by atoms with Gasteiger partial charge in [0.2, 0.25) is 5.88 Å². The minimum atomic E-state index is -0.174. The minimum Gasteiger partial charge on any atom is -0.480 e. The number of rotatable bonds is 4. The predicted octanol–water partition coefficient (Wildman–Crippen LogP) is 3.83. The van der Waals surface area contributed by atoms with Gasteiger partial charge >= 0.3 is 0 Å². The maximum Gasteiger partial charge on any atom is 0.225 e. The molecule has 2 N–H and O–H groups in total. The molecule has 1 fully saturated rings. The molecule has 0 amide bonds. The van der Waals surface area contributed by atoms with E-state index in [-0.39, 0.29) is 5.54 Å². The van der Waals surface area contributed by atoms with E-state index in [2.05, 4.69) is 43.8 Å². The second-order valence-electron chi connectivity index (χ2n) is 7.26. The summed E-state index contributed by atoms with van der Waals surface area (Å²) in [5.74, 6) is 0.549. The normalized spacial score (nSPS) is 15.4. The van der Waals surface area contributed by atoms with Gasteiger partial charge in [-0.15, -0.1) is 0 Å². The van der Waals surface area contributed by atoms with Gasteiger partial charge < -0.3 is 10.5 Å². The molecule has 0 spiro atoms. The SMILES string of the molecule is COc1ncnc2c1cc(-c1ccccn1)n2-c1ccc(C2(N)CCC2)cc1. The maximum atomic E-state index is 6.49. The molecule has 0 saturated heterocycles. The van der Waals surface area contributed by atoms with Crippen LogP contribution in [0.3, 0.4) is 0 Å². The molecule has 0 unspecified atom stereocenters. The Bertz CT molecular complexity index is 1130. The van der Waals surface area contributed by atoms with Crippen molar-refractivity contribution in [3.8, 4) is 23.0 Å². The topological polar surface area (TPSA) is 78.9 Å². The average Bonchev–Trinajstić information content (AvgIpc) is 3.12. The first kappa shape index (κ1) is 16.9. The molecule has 1 saturated carbocycles. The molecule has 4 aromatic rings. The highest BCUT2D eigenvalue weighted by atomic mass is 16.5. The van der Waals surface area contributed by atoms with Gasteiger partial charge in [0.05, 0.1) is 23.9 Å². The van der Waals surface area contributed by atoms with Crippen LogP contribution in [0.2, 0.25) is 0 Å². The van der Waals surface area contributed by atoms with Gasteiger partial charge in [-0.25, -0.2) is 9.97 Å². The van der Waals surface area contributed by atoms with Gasteiger partial charge in [0.25, 0.3) is 0 Å². The van der Waals surface area contributed by atoms with Crippen molar-refractivity contribution in [1.29, 1.82) is 0 Å². The summed E-state index contributed by atoms with van der Waals surface area (Å²) >= 11 is 0. The number of ether oxygens (including phenoxy) is 1. The van der Waals surface area contributed by atoms with Crippen LogP contribution in [0.5, 0.6) is 5.88 Å². The molecule has 0 radical (unpaired) electrons. The number of hydrogen-bond acceptors (Lipinski definition) is 5. The van der Waals surface area contributed by atoms with Crippen molar-refractivity contribution in [1.82, 2.24) is 19.5 Å². The molecule has 0 atom stereocenters. The van der Waals surface area contributed by atoms with Gasteiger partial charge in [-0.1, -0.05) is 18.2 Å². The molecule has 28 heavy (non-hydrogen) atoms.